The zero-order chi connectivity index (χ0) is 21.6. The van der Waals surface area contributed by atoms with Crippen molar-refractivity contribution in [1.82, 2.24) is 14.9 Å². The molecule has 1 saturated heterocycles. The van der Waals surface area contributed by atoms with Crippen molar-refractivity contribution in [3.05, 3.63) is 36.2 Å². The molecule has 2 aliphatic heterocycles. The number of carbonyl (C=O) groups is 1. The van der Waals surface area contributed by atoms with Crippen LogP contribution >= 0.6 is 11.8 Å². The van der Waals surface area contributed by atoms with Crippen LogP contribution in [-0.2, 0) is 16.1 Å². The van der Waals surface area contributed by atoms with Crippen molar-refractivity contribution in [2.75, 3.05) is 25.0 Å². The summed E-state index contributed by atoms with van der Waals surface area (Å²) in [6.07, 6.45) is 9.22. The van der Waals surface area contributed by atoms with Gasteiger partial charge in [0.05, 0.1) is 18.2 Å². The van der Waals surface area contributed by atoms with Crippen LogP contribution in [0, 0.1) is 11.8 Å². The molecule has 1 N–H and O–H groups in total. The Bertz CT molecular complexity index is 899. The van der Waals surface area contributed by atoms with Crippen molar-refractivity contribution in [2.45, 2.75) is 62.4 Å². The SMILES string of the molecule is CCOC(=O)C(C)CCCC1CCN(Cc2ccc3c(c2)Nc2nccnc2S3)CC1. The molecule has 1 atom stereocenters. The molecule has 0 amide bonds. The second kappa shape index (κ2) is 10.5. The highest BCUT2D eigenvalue weighted by Crippen LogP contribution is 2.42. The number of fused-ring (bicyclic) bond motifs is 2. The Morgan fingerprint density at radius 1 is 1.29 bits per heavy atom. The minimum Gasteiger partial charge on any atom is -0.466 e. The van der Waals surface area contributed by atoms with Gasteiger partial charge in [-0.25, -0.2) is 9.97 Å². The van der Waals surface area contributed by atoms with Gasteiger partial charge < -0.3 is 10.1 Å². The van der Waals surface area contributed by atoms with E-state index in [0.29, 0.717) is 6.61 Å². The van der Waals surface area contributed by atoms with Gasteiger partial charge in [0.2, 0.25) is 0 Å². The first kappa shape index (κ1) is 22.1. The lowest BCUT2D eigenvalue weighted by atomic mass is 9.90. The molecule has 1 aromatic heterocycles. The van der Waals surface area contributed by atoms with E-state index in [4.69, 9.17) is 4.74 Å². The molecule has 2 aromatic rings. The predicted molar refractivity (Wildman–Crippen MR) is 124 cm³/mol. The molecular weight excluding hydrogens is 408 g/mol. The lowest BCUT2D eigenvalue weighted by Crippen LogP contribution is -2.33. The fourth-order valence-corrected chi connectivity index (χ4v) is 5.26. The molecule has 0 aliphatic carbocycles. The molecule has 166 valence electrons. The Morgan fingerprint density at radius 2 is 2.10 bits per heavy atom. The summed E-state index contributed by atoms with van der Waals surface area (Å²) < 4.78 is 5.11. The van der Waals surface area contributed by atoms with Gasteiger partial charge in [0.25, 0.3) is 0 Å². The van der Waals surface area contributed by atoms with Gasteiger partial charge in [-0.1, -0.05) is 37.6 Å². The van der Waals surface area contributed by atoms with Crippen LogP contribution in [0.25, 0.3) is 0 Å². The number of hydrogen-bond acceptors (Lipinski definition) is 7. The number of anilines is 2. The normalized spacial score (nSPS) is 17.4. The summed E-state index contributed by atoms with van der Waals surface area (Å²) in [6, 6.07) is 6.68. The maximum absolute atomic E-state index is 11.8. The molecule has 4 rings (SSSR count). The maximum Gasteiger partial charge on any atom is 0.308 e. The van der Waals surface area contributed by atoms with Gasteiger partial charge in [0, 0.05) is 23.8 Å². The van der Waals surface area contributed by atoms with E-state index in [1.165, 1.54) is 29.7 Å². The predicted octanol–water partition coefficient (Wildman–Crippen LogP) is 5.27. The quantitative estimate of drug-likeness (QED) is 0.479. The number of benzene rings is 1. The van der Waals surface area contributed by atoms with Crippen molar-refractivity contribution >= 4 is 29.2 Å². The van der Waals surface area contributed by atoms with Gasteiger partial charge in [-0.05, 0) is 62.9 Å². The van der Waals surface area contributed by atoms with Crippen LogP contribution < -0.4 is 5.32 Å². The molecule has 1 fully saturated rings. The molecule has 3 heterocycles. The zero-order valence-electron chi connectivity index (χ0n) is 18.5. The lowest BCUT2D eigenvalue weighted by Gasteiger charge is -2.32. The summed E-state index contributed by atoms with van der Waals surface area (Å²) in [6.45, 7) is 7.60. The largest absolute Gasteiger partial charge is 0.466 e. The first-order valence-electron chi connectivity index (χ1n) is 11.4. The minimum absolute atomic E-state index is 0.0220. The van der Waals surface area contributed by atoms with Gasteiger partial charge in [-0.15, -0.1) is 0 Å². The molecular formula is C24H32N4O2S. The second-order valence-electron chi connectivity index (χ2n) is 8.57. The highest BCUT2D eigenvalue weighted by molar-refractivity contribution is 7.99. The van der Waals surface area contributed by atoms with E-state index in [1.807, 2.05) is 13.8 Å². The molecule has 31 heavy (non-hydrogen) atoms. The van der Waals surface area contributed by atoms with Crippen LogP contribution in [-0.4, -0.2) is 40.5 Å². The third-order valence-electron chi connectivity index (χ3n) is 6.22. The van der Waals surface area contributed by atoms with Gasteiger partial charge in [-0.3, -0.25) is 9.69 Å². The topological polar surface area (TPSA) is 67.3 Å². The standard InChI is InChI=1S/C24H32N4O2S/c1-3-30-24(29)17(2)5-4-6-18-9-13-28(14-10-18)16-19-7-8-21-20(15-19)27-22-23(31-21)26-12-11-25-22/h7-8,11-12,15,17-18H,3-6,9-10,13-14,16H2,1-2H3,(H,25,27). The highest BCUT2D eigenvalue weighted by atomic mass is 32.2. The molecule has 0 saturated carbocycles. The summed E-state index contributed by atoms with van der Waals surface area (Å²) in [4.78, 5) is 24.3. The zero-order valence-corrected chi connectivity index (χ0v) is 19.3. The van der Waals surface area contributed by atoms with E-state index < -0.39 is 0 Å². The van der Waals surface area contributed by atoms with Crippen LogP contribution in [0.4, 0.5) is 11.5 Å². The second-order valence-corrected chi connectivity index (χ2v) is 9.60. The monoisotopic (exact) mass is 440 g/mol. The molecule has 0 radical (unpaired) electrons. The first-order valence-corrected chi connectivity index (χ1v) is 12.2. The summed E-state index contributed by atoms with van der Waals surface area (Å²) in [5.74, 6) is 1.59. The van der Waals surface area contributed by atoms with Crippen molar-refractivity contribution in [3.8, 4) is 0 Å². The van der Waals surface area contributed by atoms with Crippen LogP contribution in [0.5, 0.6) is 0 Å². The molecule has 6 nitrogen and oxygen atoms in total. The Kier molecular flexibility index (Phi) is 7.45. The Labute approximate surface area is 189 Å². The van der Waals surface area contributed by atoms with E-state index in [0.717, 1.165) is 54.9 Å². The molecule has 2 aliphatic rings. The van der Waals surface area contributed by atoms with Crippen LogP contribution in [0.2, 0.25) is 0 Å². The van der Waals surface area contributed by atoms with E-state index >= 15 is 0 Å². The molecule has 1 unspecified atom stereocenters. The van der Waals surface area contributed by atoms with Gasteiger partial charge in [0.15, 0.2) is 5.82 Å². The summed E-state index contributed by atoms with van der Waals surface area (Å²) in [5, 5.41) is 4.36. The average molecular weight is 441 g/mol. The number of nitrogens with zero attached hydrogens (tertiary/aromatic N) is 3. The van der Waals surface area contributed by atoms with Crippen molar-refractivity contribution in [3.63, 3.8) is 0 Å². The Balaban J connectivity index is 1.22. The molecule has 0 bridgehead atoms. The van der Waals surface area contributed by atoms with E-state index in [-0.39, 0.29) is 11.9 Å². The summed E-state index contributed by atoms with van der Waals surface area (Å²) >= 11 is 1.67. The number of nitrogens with one attached hydrogen (secondary N) is 1. The fourth-order valence-electron chi connectivity index (χ4n) is 4.39. The van der Waals surface area contributed by atoms with Gasteiger partial charge in [-0.2, -0.15) is 0 Å². The summed E-state index contributed by atoms with van der Waals surface area (Å²) in [5.41, 5.74) is 2.46. The van der Waals surface area contributed by atoms with Crippen molar-refractivity contribution in [1.29, 1.82) is 0 Å². The average Bonchev–Trinajstić information content (AvgIpc) is 2.79. The number of ether oxygens (including phenoxy) is 1. The third-order valence-corrected chi connectivity index (χ3v) is 7.29. The number of rotatable bonds is 8. The molecule has 7 heteroatoms. The number of aromatic nitrogens is 2. The minimum atomic E-state index is -0.0502. The van der Waals surface area contributed by atoms with Crippen LogP contribution in [0.1, 0.15) is 51.5 Å². The van der Waals surface area contributed by atoms with E-state index in [9.17, 15) is 4.79 Å². The smallest absolute Gasteiger partial charge is 0.308 e. The van der Waals surface area contributed by atoms with E-state index in [2.05, 4.69) is 38.4 Å². The van der Waals surface area contributed by atoms with Crippen molar-refractivity contribution < 1.29 is 9.53 Å². The Hall–Kier alpha value is -2.12. The number of esters is 1. The third kappa shape index (κ3) is 5.77. The van der Waals surface area contributed by atoms with Gasteiger partial charge in [0.1, 0.15) is 5.03 Å². The molecule has 1 aromatic carbocycles. The van der Waals surface area contributed by atoms with Crippen molar-refractivity contribution in [2.24, 2.45) is 11.8 Å². The van der Waals surface area contributed by atoms with Crippen LogP contribution in [0.15, 0.2) is 40.5 Å². The highest BCUT2D eigenvalue weighted by Gasteiger charge is 2.22. The first-order chi connectivity index (χ1) is 15.1. The maximum atomic E-state index is 11.8. The fraction of sp³-hybridized carbons (Fsp3) is 0.542. The Morgan fingerprint density at radius 3 is 2.90 bits per heavy atom. The van der Waals surface area contributed by atoms with E-state index in [1.54, 1.807) is 24.2 Å². The number of hydrogen-bond donors (Lipinski definition) is 1. The van der Waals surface area contributed by atoms with Gasteiger partial charge >= 0.3 is 5.97 Å². The number of carbonyl (C=O) groups excluding carboxylic acids is 1. The lowest BCUT2D eigenvalue weighted by molar-refractivity contribution is -0.147. The number of likely N-dealkylation sites (tertiary alicyclic amines) is 1. The van der Waals surface area contributed by atoms with Crippen LogP contribution in [0.3, 0.4) is 0 Å². The molecule has 0 spiro atoms. The number of piperidine rings is 1. The summed E-state index contributed by atoms with van der Waals surface area (Å²) in [7, 11) is 0.